The van der Waals surface area contributed by atoms with Crippen molar-refractivity contribution >= 4 is 5.97 Å². The van der Waals surface area contributed by atoms with Crippen LogP contribution in [-0.4, -0.2) is 29.4 Å². The van der Waals surface area contributed by atoms with Gasteiger partial charge >= 0.3 is 5.97 Å². The Balaban J connectivity index is 2.35. The monoisotopic (exact) mass is 252 g/mol. The van der Waals surface area contributed by atoms with Gasteiger partial charge in [-0.15, -0.1) is 0 Å². The number of rotatable bonds is 3. The van der Waals surface area contributed by atoms with E-state index in [1.54, 1.807) is 13.0 Å². The Labute approximate surface area is 105 Å². The lowest BCUT2D eigenvalue weighted by Crippen LogP contribution is -2.13. The number of phenols is 1. The molecule has 0 aromatic heterocycles. The van der Waals surface area contributed by atoms with E-state index in [4.69, 9.17) is 14.6 Å². The van der Waals surface area contributed by atoms with Crippen molar-refractivity contribution in [1.29, 1.82) is 0 Å². The molecule has 0 fully saturated rings. The zero-order valence-corrected chi connectivity index (χ0v) is 10.2. The SMILES string of the molecule is CC(Cc1c(O)ccc2c1OCCCO2)C(=O)O. The third-order valence-electron chi connectivity index (χ3n) is 2.92. The highest BCUT2D eigenvalue weighted by atomic mass is 16.5. The number of hydrogen-bond acceptors (Lipinski definition) is 4. The molecule has 0 amide bonds. The van der Waals surface area contributed by atoms with Crippen LogP contribution in [0.1, 0.15) is 18.9 Å². The van der Waals surface area contributed by atoms with Crippen molar-refractivity contribution in [1.82, 2.24) is 0 Å². The molecule has 0 saturated heterocycles. The van der Waals surface area contributed by atoms with Gasteiger partial charge in [0.15, 0.2) is 11.5 Å². The number of aromatic hydroxyl groups is 1. The zero-order valence-electron chi connectivity index (χ0n) is 10.2. The Kier molecular flexibility index (Phi) is 3.60. The molecule has 2 N–H and O–H groups in total. The van der Waals surface area contributed by atoms with Crippen LogP contribution in [0.3, 0.4) is 0 Å². The quantitative estimate of drug-likeness (QED) is 0.858. The van der Waals surface area contributed by atoms with Crippen molar-refractivity contribution in [3.8, 4) is 17.2 Å². The summed E-state index contributed by atoms with van der Waals surface area (Å²) in [5, 5.41) is 18.8. The maximum atomic E-state index is 10.9. The number of benzene rings is 1. The van der Waals surface area contributed by atoms with E-state index in [-0.39, 0.29) is 12.2 Å². The van der Waals surface area contributed by atoms with Gasteiger partial charge in [0, 0.05) is 12.0 Å². The average molecular weight is 252 g/mol. The van der Waals surface area contributed by atoms with Crippen LogP contribution >= 0.6 is 0 Å². The first-order valence-corrected chi connectivity index (χ1v) is 5.93. The highest BCUT2D eigenvalue weighted by Crippen LogP contribution is 2.39. The fourth-order valence-corrected chi connectivity index (χ4v) is 1.87. The Bertz CT molecular complexity index is 455. The largest absolute Gasteiger partial charge is 0.508 e. The van der Waals surface area contributed by atoms with E-state index in [9.17, 15) is 9.90 Å². The smallest absolute Gasteiger partial charge is 0.306 e. The first kappa shape index (κ1) is 12.5. The number of carboxylic acid groups (broad SMARTS) is 1. The summed E-state index contributed by atoms with van der Waals surface area (Å²) in [6, 6.07) is 3.16. The second-order valence-electron chi connectivity index (χ2n) is 4.38. The summed E-state index contributed by atoms with van der Waals surface area (Å²) in [4.78, 5) is 10.9. The predicted octanol–water partition coefficient (Wildman–Crippen LogP) is 1.82. The summed E-state index contributed by atoms with van der Waals surface area (Å²) >= 11 is 0. The Morgan fingerprint density at radius 1 is 1.39 bits per heavy atom. The van der Waals surface area contributed by atoms with Crippen LogP contribution in [0.2, 0.25) is 0 Å². The van der Waals surface area contributed by atoms with Crippen LogP contribution in [0, 0.1) is 5.92 Å². The maximum absolute atomic E-state index is 10.9. The number of carboxylic acids is 1. The minimum absolute atomic E-state index is 0.0485. The van der Waals surface area contributed by atoms with Crippen molar-refractivity contribution in [3.05, 3.63) is 17.7 Å². The third kappa shape index (κ3) is 2.50. The molecule has 5 nitrogen and oxygen atoms in total. The molecular weight excluding hydrogens is 236 g/mol. The van der Waals surface area contributed by atoms with Crippen molar-refractivity contribution in [3.63, 3.8) is 0 Å². The lowest BCUT2D eigenvalue weighted by atomic mass is 9.99. The van der Waals surface area contributed by atoms with Gasteiger partial charge in [-0.3, -0.25) is 4.79 Å². The van der Waals surface area contributed by atoms with Gasteiger partial charge in [-0.05, 0) is 18.6 Å². The number of carbonyl (C=O) groups is 1. The van der Waals surface area contributed by atoms with Gasteiger partial charge in [0.1, 0.15) is 5.75 Å². The average Bonchev–Trinajstić information content (AvgIpc) is 2.57. The van der Waals surface area contributed by atoms with E-state index in [0.717, 1.165) is 6.42 Å². The molecule has 5 heteroatoms. The number of aliphatic carboxylic acids is 1. The number of ether oxygens (including phenoxy) is 2. The molecule has 1 unspecified atom stereocenters. The van der Waals surface area contributed by atoms with Gasteiger partial charge in [0.25, 0.3) is 0 Å². The first-order chi connectivity index (χ1) is 8.59. The fraction of sp³-hybridized carbons (Fsp3) is 0.462. The lowest BCUT2D eigenvalue weighted by Gasteiger charge is -2.15. The van der Waals surface area contributed by atoms with Crippen LogP contribution in [0.15, 0.2) is 12.1 Å². The number of phenolic OH excluding ortho intramolecular Hbond substituents is 1. The Morgan fingerprint density at radius 2 is 2.11 bits per heavy atom. The third-order valence-corrected chi connectivity index (χ3v) is 2.92. The van der Waals surface area contributed by atoms with Crippen molar-refractivity contribution in [2.75, 3.05) is 13.2 Å². The van der Waals surface area contributed by atoms with Gasteiger partial charge in [-0.1, -0.05) is 6.92 Å². The number of fused-ring (bicyclic) bond motifs is 1. The summed E-state index contributed by atoms with van der Waals surface area (Å²) in [6.07, 6.45) is 0.983. The van der Waals surface area contributed by atoms with E-state index in [1.807, 2.05) is 0 Å². The van der Waals surface area contributed by atoms with E-state index < -0.39 is 11.9 Å². The Morgan fingerprint density at radius 3 is 2.83 bits per heavy atom. The predicted molar refractivity (Wildman–Crippen MR) is 64.2 cm³/mol. The minimum Gasteiger partial charge on any atom is -0.508 e. The lowest BCUT2D eigenvalue weighted by molar-refractivity contribution is -0.141. The standard InChI is InChI=1S/C13H16O5/c1-8(13(15)16)7-9-10(14)3-4-11-12(9)18-6-2-5-17-11/h3-4,8,14H,2,5-7H2,1H3,(H,15,16). The van der Waals surface area contributed by atoms with Crippen molar-refractivity contribution in [2.24, 2.45) is 5.92 Å². The fourth-order valence-electron chi connectivity index (χ4n) is 1.87. The summed E-state index contributed by atoms with van der Waals surface area (Å²) in [5.74, 6) is -0.401. The molecule has 0 spiro atoms. The molecule has 0 saturated carbocycles. The summed E-state index contributed by atoms with van der Waals surface area (Å²) in [6.45, 7) is 2.66. The normalized spacial score (nSPS) is 15.8. The van der Waals surface area contributed by atoms with Gasteiger partial charge in [-0.2, -0.15) is 0 Å². The van der Waals surface area contributed by atoms with Crippen molar-refractivity contribution < 1.29 is 24.5 Å². The molecule has 1 aliphatic heterocycles. The maximum Gasteiger partial charge on any atom is 0.306 e. The van der Waals surface area contributed by atoms with Gasteiger partial charge in [0.05, 0.1) is 19.1 Å². The molecule has 0 bridgehead atoms. The topological polar surface area (TPSA) is 76.0 Å². The molecule has 18 heavy (non-hydrogen) atoms. The molecule has 1 heterocycles. The zero-order chi connectivity index (χ0) is 13.1. The second-order valence-corrected chi connectivity index (χ2v) is 4.38. The van der Waals surface area contributed by atoms with E-state index in [2.05, 4.69) is 0 Å². The van der Waals surface area contributed by atoms with Gasteiger partial charge < -0.3 is 19.7 Å². The van der Waals surface area contributed by atoms with Gasteiger partial charge in [-0.25, -0.2) is 0 Å². The second kappa shape index (κ2) is 5.16. The van der Waals surface area contributed by atoms with Crippen LogP contribution in [-0.2, 0) is 11.2 Å². The number of hydrogen-bond donors (Lipinski definition) is 2. The first-order valence-electron chi connectivity index (χ1n) is 5.93. The summed E-state index contributed by atoms with van der Waals surface area (Å²) in [5.41, 5.74) is 0.504. The van der Waals surface area contributed by atoms with Crippen LogP contribution in [0.25, 0.3) is 0 Å². The Hall–Kier alpha value is -1.91. The highest BCUT2D eigenvalue weighted by Gasteiger charge is 2.22. The van der Waals surface area contributed by atoms with E-state index in [1.165, 1.54) is 6.07 Å². The highest BCUT2D eigenvalue weighted by molar-refractivity contribution is 5.70. The molecule has 0 radical (unpaired) electrons. The van der Waals surface area contributed by atoms with Crippen LogP contribution < -0.4 is 9.47 Å². The molecular formula is C13H16O5. The molecule has 1 atom stereocenters. The van der Waals surface area contributed by atoms with Crippen molar-refractivity contribution in [2.45, 2.75) is 19.8 Å². The molecule has 0 aliphatic carbocycles. The van der Waals surface area contributed by atoms with Crippen LogP contribution in [0.4, 0.5) is 0 Å². The molecule has 98 valence electrons. The minimum atomic E-state index is -0.901. The summed E-state index contributed by atoms with van der Waals surface area (Å²) in [7, 11) is 0. The van der Waals surface area contributed by atoms with Crippen LogP contribution in [0.5, 0.6) is 17.2 Å². The summed E-state index contributed by atoms with van der Waals surface area (Å²) < 4.78 is 11.1. The molecule has 1 aliphatic rings. The molecule has 2 rings (SSSR count). The van der Waals surface area contributed by atoms with E-state index in [0.29, 0.717) is 30.3 Å². The molecule has 1 aromatic rings. The van der Waals surface area contributed by atoms with E-state index >= 15 is 0 Å². The van der Waals surface area contributed by atoms with Gasteiger partial charge in [0.2, 0.25) is 0 Å². The molecule has 1 aromatic carbocycles.